The van der Waals surface area contributed by atoms with Crippen LogP contribution in [0.4, 0.5) is 0 Å². The van der Waals surface area contributed by atoms with E-state index < -0.39 is 0 Å². The van der Waals surface area contributed by atoms with Crippen LogP contribution in [0, 0.1) is 0 Å². The van der Waals surface area contributed by atoms with Crippen LogP contribution in [0.1, 0.15) is 31.2 Å². The third-order valence-corrected chi connectivity index (χ3v) is 4.31. The third kappa shape index (κ3) is 2.53. The van der Waals surface area contributed by atoms with Gasteiger partial charge in [-0.3, -0.25) is 0 Å². The molecule has 1 saturated carbocycles. The standard InChI is InChI=1S/C15H22N2/c1-2-4-13(5-3-1)15(8-9-15)12-17-14-6-10-16-11-7-14/h1-5,14,16-17H,6-12H2. The monoisotopic (exact) mass is 230 g/mol. The Bertz CT molecular complexity index is 350. The first-order valence-electron chi connectivity index (χ1n) is 6.89. The van der Waals surface area contributed by atoms with Crippen molar-refractivity contribution in [1.29, 1.82) is 0 Å². The average Bonchev–Trinajstić information content (AvgIpc) is 3.20. The van der Waals surface area contributed by atoms with Gasteiger partial charge >= 0.3 is 0 Å². The van der Waals surface area contributed by atoms with Crippen molar-refractivity contribution in [3.05, 3.63) is 35.9 Å². The highest BCUT2D eigenvalue weighted by Gasteiger charge is 2.43. The fraction of sp³-hybridized carbons (Fsp3) is 0.600. The molecule has 1 aromatic rings. The molecule has 0 amide bonds. The molecule has 1 heterocycles. The Kier molecular flexibility index (Phi) is 3.17. The van der Waals surface area contributed by atoms with Gasteiger partial charge in [0.05, 0.1) is 0 Å². The lowest BCUT2D eigenvalue weighted by Gasteiger charge is -2.26. The van der Waals surface area contributed by atoms with Crippen LogP contribution < -0.4 is 10.6 Å². The number of nitrogens with one attached hydrogen (secondary N) is 2. The number of hydrogen-bond acceptors (Lipinski definition) is 2. The molecule has 1 saturated heterocycles. The Balaban J connectivity index is 1.57. The molecular weight excluding hydrogens is 208 g/mol. The van der Waals surface area contributed by atoms with Gasteiger partial charge in [-0.2, -0.15) is 0 Å². The van der Waals surface area contributed by atoms with Crippen LogP contribution in [0.2, 0.25) is 0 Å². The molecule has 2 N–H and O–H groups in total. The van der Waals surface area contributed by atoms with E-state index in [1.165, 1.54) is 50.9 Å². The van der Waals surface area contributed by atoms with Crippen molar-refractivity contribution < 1.29 is 0 Å². The quantitative estimate of drug-likeness (QED) is 0.827. The Labute approximate surface area is 104 Å². The summed E-state index contributed by atoms with van der Waals surface area (Å²) in [6, 6.07) is 11.8. The molecule has 92 valence electrons. The summed E-state index contributed by atoms with van der Waals surface area (Å²) in [5, 5.41) is 7.20. The molecule has 1 aliphatic heterocycles. The zero-order chi connectivity index (χ0) is 11.6. The zero-order valence-corrected chi connectivity index (χ0v) is 10.4. The van der Waals surface area contributed by atoms with E-state index in [2.05, 4.69) is 41.0 Å². The molecule has 0 atom stereocenters. The maximum absolute atomic E-state index is 3.78. The zero-order valence-electron chi connectivity index (χ0n) is 10.4. The average molecular weight is 230 g/mol. The van der Waals surface area contributed by atoms with Crippen LogP contribution in [0.15, 0.2) is 30.3 Å². The fourth-order valence-electron chi connectivity index (χ4n) is 2.88. The van der Waals surface area contributed by atoms with E-state index in [4.69, 9.17) is 0 Å². The predicted octanol–water partition coefficient (Wildman–Crippen LogP) is 2.06. The van der Waals surface area contributed by atoms with E-state index >= 15 is 0 Å². The number of benzene rings is 1. The van der Waals surface area contributed by atoms with Crippen molar-refractivity contribution in [1.82, 2.24) is 10.6 Å². The second-order valence-electron chi connectivity index (χ2n) is 5.55. The predicted molar refractivity (Wildman–Crippen MR) is 71.2 cm³/mol. The molecule has 17 heavy (non-hydrogen) atoms. The largest absolute Gasteiger partial charge is 0.317 e. The molecule has 2 heteroatoms. The highest BCUT2D eigenvalue weighted by Crippen LogP contribution is 2.47. The molecule has 0 aromatic heterocycles. The van der Waals surface area contributed by atoms with E-state index in [9.17, 15) is 0 Å². The fourth-order valence-corrected chi connectivity index (χ4v) is 2.88. The molecular formula is C15H22N2. The molecule has 0 radical (unpaired) electrons. The van der Waals surface area contributed by atoms with Crippen LogP contribution in [0.25, 0.3) is 0 Å². The number of hydrogen-bond donors (Lipinski definition) is 2. The van der Waals surface area contributed by atoms with Gasteiger partial charge in [-0.15, -0.1) is 0 Å². The molecule has 2 aliphatic rings. The minimum Gasteiger partial charge on any atom is -0.317 e. The van der Waals surface area contributed by atoms with Crippen LogP contribution in [0.3, 0.4) is 0 Å². The summed E-state index contributed by atoms with van der Waals surface area (Å²) in [4.78, 5) is 0. The van der Waals surface area contributed by atoms with E-state index in [-0.39, 0.29) is 0 Å². The molecule has 3 rings (SSSR count). The molecule has 2 fully saturated rings. The third-order valence-electron chi connectivity index (χ3n) is 4.31. The first-order chi connectivity index (χ1) is 8.39. The van der Waals surface area contributed by atoms with Gasteiger partial charge in [0.15, 0.2) is 0 Å². The minimum atomic E-state index is 0.464. The van der Waals surface area contributed by atoms with Gasteiger partial charge < -0.3 is 10.6 Å². The Morgan fingerprint density at radius 1 is 1.12 bits per heavy atom. The highest BCUT2D eigenvalue weighted by atomic mass is 15.0. The highest BCUT2D eigenvalue weighted by molar-refractivity contribution is 5.31. The topological polar surface area (TPSA) is 24.1 Å². The molecule has 1 aromatic carbocycles. The van der Waals surface area contributed by atoms with Gasteiger partial charge in [-0.05, 0) is 44.3 Å². The van der Waals surface area contributed by atoms with Crippen molar-refractivity contribution in [3.63, 3.8) is 0 Å². The summed E-state index contributed by atoms with van der Waals surface area (Å²) in [6.45, 7) is 3.52. The lowest BCUT2D eigenvalue weighted by atomic mass is 9.95. The summed E-state index contributed by atoms with van der Waals surface area (Å²) >= 11 is 0. The maximum atomic E-state index is 3.78. The van der Waals surface area contributed by atoms with Gasteiger partial charge in [-0.25, -0.2) is 0 Å². The van der Waals surface area contributed by atoms with Gasteiger partial charge in [0.2, 0.25) is 0 Å². The van der Waals surface area contributed by atoms with Gasteiger partial charge in [0.1, 0.15) is 0 Å². The molecule has 0 unspecified atom stereocenters. The van der Waals surface area contributed by atoms with Crippen molar-refractivity contribution in [2.75, 3.05) is 19.6 Å². The Hall–Kier alpha value is -0.860. The Morgan fingerprint density at radius 3 is 2.47 bits per heavy atom. The summed E-state index contributed by atoms with van der Waals surface area (Å²) in [6.07, 6.45) is 5.28. The van der Waals surface area contributed by atoms with Crippen molar-refractivity contribution in [2.45, 2.75) is 37.1 Å². The van der Waals surface area contributed by atoms with Crippen LogP contribution in [0.5, 0.6) is 0 Å². The second kappa shape index (κ2) is 4.79. The maximum Gasteiger partial charge on any atom is 0.00915 e. The van der Waals surface area contributed by atoms with Crippen LogP contribution in [-0.4, -0.2) is 25.7 Å². The van der Waals surface area contributed by atoms with E-state index in [1.807, 2.05) is 0 Å². The van der Waals surface area contributed by atoms with Crippen molar-refractivity contribution in [3.8, 4) is 0 Å². The number of piperidine rings is 1. The van der Waals surface area contributed by atoms with Gasteiger partial charge in [-0.1, -0.05) is 30.3 Å². The molecule has 2 nitrogen and oxygen atoms in total. The Morgan fingerprint density at radius 2 is 1.82 bits per heavy atom. The smallest absolute Gasteiger partial charge is 0.00915 e. The van der Waals surface area contributed by atoms with E-state index in [0.717, 1.165) is 6.04 Å². The first-order valence-corrected chi connectivity index (χ1v) is 6.89. The van der Waals surface area contributed by atoms with Gasteiger partial charge in [0, 0.05) is 18.0 Å². The first kappa shape index (κ1) is 11.2. The lowest BCUT2D eigenvalue weighted by molar-refractivity contribution is 0.374. The van der Waals surface area contributed by atoms with Crippen LogP contribution >= 0.6 is 0 Å². The summed E-state index contributed by atoms with van der Waals surface area (Å²) in [7, 11) is 0. The SMILES string of the molecule is c1ccc(C2(CNC3CCNCC3)CC2)cc1. The van der Waals surface area contributed by atoms with Crippen molar-refractivity contribution in [2.24, 2.45) is 0 Å². The van der Waals surface area contributed by atoms with Gasteiger partial charge in [0.25, 0.3) is 0 Å². The minimum absolute atomic E-state index is 0.464. The second-order valence-corrected chi connectivity index (χ2v) is 5.55. The van der Waals surface area contributed by atoms with Crippen LogP contribution in [-0.2, 0) is 5.41 Å². The summed E-state index contributed by atoms with van der Waals surface area (Å²) in [5.41, 5.74) is 1.99. The van der Waals surface area contributed by atoms with Crippen molar-refractivity contribution >= 4 is 0 Å². The lowest BCUT2D eigenvalue weighted by Crippen LogP contribution is -2.42. The molecule has 1 aliphatic carbocycles. The summed E-state index contributed by atoms with van der Waals surface area (Å²) < 4.78 is 0. The molecule has 0 bridgehead atoms. The normalized spacial score (nSPS) is 23.5. The summed E-state index contributed by atoms with van der Waals surface area (Å²) in [5.74, 6) is 0. The molecule has 0 spiro atoms. The number of rotatable bonds is 4. The van der Waals surface area contributed by atoms with E-state index in [0.29, 0.717) is 5.41 Å². The van der Waals surface area contributed by atoms with E-state index in [1.54, 1.807) is 0 Å².